The lowest BCUT2D eigenvalue weighted by atomic mass is 10.2. The topological polar surface area (TPSA) is 88.1 Å². The second-order valence-corrected chi connectivity index (χ2v) is 5.97. The molecular weight excluding hydrogens is 336 g/mol. The molecule has 0 spiro atoms. The van der Waals surface area contributed by atoms with E-state index in [4.69, 9.17) is 9.47 Å². The summed E-state index contributed by atoms with van der Waals surface area (Å²) in [5.41, 5.74) is 0.522. The molecule has 0 bridgehead atoms. The van der Waals surface area contributed by atoms with Gasteiger partial charge in [-0.15, -0.1) is 0 Å². The van der Waals surface area contributed by atoms with E-state index < -0.39 is 18.0 Å². The molecule has 1 aliphatic rings. The number of anilines is 1. The maximum atomic E-state index is 12.5. The van der Waals surface area contributed by atoms with Gasteiger partial charge in [0.25, 0.3) is 0 Å². The van der Waals surface area contributed by atoms with E-state index in [1.54, 1.807) is 24.3 Å². The van der Waals surface area contributed by atoms with E-state index in [0.29, 0.717) is 17.2 Å². The highest BCUT2D eigenvalue weighted by Crippen LogP contribution is 2.25. The fourth-order valence-electron chi connectivity index (χ4n) is 2.88. The number of carbonyl (C=O) groups is 2. The average Bonchev–Trinajstić information content (AvgIpc) is 3.08. The van der Waals surface area contributed by atoms with Gasteiger partial charge in [-0.2, -0.15) is 0 Å². The number of carboxylic acids is 1. The predicted octanol–water partition coefficient (Wildman–Crippen LogP) is 3.18. The summed E-state index contributed by atoms with van der Waals surface area (Å²) in [6.45, 7) is 0.236. The number of carbonyl (C=O) groups excluding carboxylic acids is 1. The second kappa shape index (κ2) is 7.88. The predicted molar refractivity (Wildman–Crippen MR) is 95.5 cm³/mol. The van der Waals surface area contributed by atoms with Crippen LogP contribution in [0.4, 0.5) is 10.5 Å². The van der Waals surface area contributed by atoms with Crippen LogP contribution in [0, 0.1) is 0 Å². The van der Waals surface area contributed by atoms with Gasteiger partial charge in [0.15, 0.2) is 0 Å². The number of para-hydroxylation sites is 1. The standard InChI is InChI=1S/C19H20N2O5/c1-25-16-11-17(18(22)23)21(12-16)19(24)20-13-6-5-9-15(10-13)26-14-7-3-2-4-8-14/h2-10,16-17H,11-12H2,1H3,(H,20,24)(H,22,23). The number of amides is 2. The Morgan fingerprint density at radius 2 is 1.85 bits per heavy atom. The average molecular weight is 356 g/mol. The van der Waals surface area contributed by atoms with Crippen LogP contribution in [-0.2, 0) is 9.53 Å². The number of aliphatic carboxylic acids is 1. The highest BCUT2D eigenvalue weighted by Gasteiger charge is 2.39. The third-order valence-corrected chi connectivity index (χ3v) is 4.21. The number of benzene rings is 2. The SMILES string of the molecule is COC1CC(C(=O)O)N(C(=O)Nc2cccc(Oc3ccccc3)c2)C1. The number of nitrogens with zero attached hydrogens (tertiary/aromatic N) is 1. The minimum Gasteiger partial charge on any atom is -0.480 e. The van der Waals surface area contributed by atoms with Crippen molar-refractivity contribution in [2.75, 3.05) is 19.0 Å². The summed E-state index contributed by atoms with van der Waals surface area (Å²) < 4.78 is 10.9. The number of carboxylic acid groups (broad SMARTS) is 1. The van der Waals surface area contributed by atoms with E-state index in [9.17, 15) is 14.7 Å². The van der Waals surface area contributed by atoms with Crippen LogP contribution in [0.1, 0.15) is 6.42 Å². The second-order valence-electron chi connectivity index (χ2n) is 5.97. The number of likely N-dealkylation sites (tertiary alicyclic amines) is 1. The van der Waals surface area contributed by atoms with Crippen LogP contribution < -0.4 is 10.1 Å². The first-order valence-corrected chi connectivity index (χ1v) is 8.23. The molecule has 2 amide bonds. The first-order chi connectivity index (χ1) is 12.6. The van der Waals surface area contributed by atoms with Gasteiger partial charge in [-0.3, -0.25) is 0 Å². The maximum absolute atomic E-state index is 12.5. The van der Waals surface area contributed by atoms with Gasteiger partial charge in [-0.05, 0) is 24.3 Å². The first-order valence-electron chi connectivity index (χ1n) is 8.23. The van der Waals surface area contributed by atoms with E-state index in [-0.39, 0.29) is 19.1 Å². The molecule has 1 aliphatic heterocycles. The number of hydrogen-bond acceptors (Lipinski definition) is 4. The summed E-state index contributed by atoms with van der Waals surface area (Å²) in [5, 5.41) is 12.1. The molecule has 2 N–H and O–H groups in total. The molecule has 1 heterocycles. The minimum absolute atomic E-state index is 0.236. The summed E-state index contributed by atoms with van der Waals surface area (Å²) in [7, 11) is 1.51. The molecule has 2 aromatic rings. The molecule has 0 aliphatic carbocycles. The Hall–Kier alpha value is -3.06. The molecule has 1 fully saturated rings. The van der Waals surface area contributed by atoms with Crippen LogP contribution >= 0.6 is 0 Å². The molecule has 0 aromatic heterocycles. The molecule has 26 heavy (non-hydrogen) atoms. The maximum Gasteiger partial charge on any atom is 0.326 e. The molecule has 136 valence electrons. The number of hydrogen-bond donors (Lipinski definition) is 2. The van der Waals surface area contributed by atoms with Crippen molar-refractivity contribution in [1.29, 1.82) is 0 Å². The van der Waals surface area contributed by atoms with E-state index in [2.05, 4.69) is 5.32 Å². The zero-order valence-corrected chi connectivity index (χ0v) is 14.3. The molecular formula is C19H20N2O5. The molecule has 0 radical (unpaired) electrons. The molecule has 7 nitrogen and oxygen atoms in total. The van der Waals surface area contributed by atoms with Crippen molar-refractivity contribution in [3.05, 3.63) is 54.6 Å². The number of ether oxygens (including phenoxy) is 2. The Morgan fingerprint density at radius 3 is 2.54 bits per heavy atom. The Bertz CT molecular complexity index is 781. The van der Waals surface area contributed by atoms with Crippen LogP contribution in [0.15, 0.2) is 54.6 Å². The van der Waals surface area contributed by atoms with Crippen LogP contribution in [0.3, 0.4) is 0 Å². The third kappa shape index (κ3) is 4.12. The lowest BCUT2D eigenvalue weighted by Crippen LogP contribution is -2.43. The fraction of sp³-hybridized carbons (Fsp3) is 0.263. The quantitative estimate of drug-likeness (QED) is 0.859. The Morgan fingerprint density at radius 1 is 1.12 bits per heavy atom. The van der Waals surface area contributed by atoms with Crippen molar-refractivity contribution >= 4 is 17.7 Å². The lowest BCUT2D eigenvalue weighted by molar-refractivity contribution is -0.141. The first kappa shape index (κ1) is 17.8. The van der Waals surface area contributed by atoms with Gasteiger partial charge in [0.2, 0.25) is 0 Å². The Balaban J connectivity index is 1.69. The van der Waals surface area contributed by atoms with Crippen molar-refractivity contribution in [3.8, 4) is 11.5 Å². The van der Waals surface area contributed by atoms with E-state index >= 15 is 0 Å². The third-order valence-electron chi connectivity index (χ3n) is 4.21. The fourth-order valence-corrected chi connectivity index (χ4v) is 2.88. The van der Waals surface area contributed by atoms with E-state index in [0.717, 1.165) is 0 Å². The van der Waals surface area contributed by atoms with Crippen LogP contribution in [-0.4, -0.2) is 47.8 Å². The highest BCUT2D eigenvalue weighted by molar-refractivity contribution is 5.93. The van der Waals surface area contributed by atoms with Crippen LogP contribution in [0.2, 0.25) is 0 Å². The van der Waals surface area contributed by atoms with Gasteiger partial charge in [-0.1, -0.05) is 24.3 Å². The van der Waals surface area contributed by atoms with Crippen molar-refractivity contribution in [2.45, 2.75) is 18.6 Å². The van der Waals surface area contributed by atoms with Crippen molar-refractivity contribution < 1.29 is 24.2 Å². The summed E-state index contributed by atoms with van der Waals surface area (Å²) in [6.07, 6.45) is -0.00856. The Labute approximate surface area is 151 Å². The zero-order valence-electron chi connectivity index (χ0n) is 14.3. The lowest BCUT2D eigenvalue weighted by Gasteiger charge is -2.21. The van der Waals surface area contributed by atoms with Gasteiger partial charge >= 0.3 is 12.0 Å². The van der Waals surface area contributed by atoms with Crippen molar-refractivity contribution in [2.24, 2.45) is 0 Å². The van der Waals surface area contributed by atoms with Crippen molar-refractivity contribution in [1.82, 2.24) is 4.90 Å². The monoisotopic (exact) mass is 356 g/mol. The number of rotatable bonds is 5. The van der Waals surface area contributed by atoms with Crippen molar-refractivity contribution in [3.63, 3.8) is 0 Å². The Kier molecular flexibility index (Phi) is 5.38. The van der Waals surface area contributed by atoms with Gasteiger partial charge in [-0.25, -0.2) is 9.59 Å². The summed E-state index contributed by atoms with van der Waals surface area (Å²) in [6, 6.07) is 14.8. The van der Waals surface area contributed by atoms with Crippen LogP contribution in [0.5, 0.6) is 11.5 Å². The molecule has 3 rings (SSSR count). The molecule has 2 unspecified atom stereocenters. The minimum atomic E-state index is -1.04. The number of methoxy groups -OCH3 is 1. The number of nitrogens with one attached hydrogen (secondary N) is 1. The van der Waals surface area contributed by atoms with Gasteiger partial charge in [0.1, 0.15) is 17.5 Å². The molecule has 1 saturated heterocycles. The smallest absolute Gasteiger partial charge is 0.326 e. The zero-order chi connectivity index (χ0) is 18.5. The van der Waals surface area contributed by atoms with E-state index in [1.165, 1.54) is 12.0 Å². The molecule has 0 saturated carbocycles. The van der Waals surface area contributed by atoms with Crippen LogP contribution in [0.25, 0.3) is 0 Å². The molecule has 7 heteroatoms. The summed E-state index contributed by atoms with van der Waals surface area (Å²) in [5.74, 6) is 0.213. The summed E-state index contributed by atoms with van der Waals surface area (Å²) in [4.78, 5) is 25.2. The van der Waals surface area contributed by atoms with Gasteiger partial charge in [0.05, 0.1) is 6.10 Å². The highest BCUT2D eigenvalue weighted by atomic mass is 16.5. The summed E-state index contributed by atoms with van der Waals surface area (Å²) >= 11 is 0. The normalized spacial score (nSPS) is 19.2. The van der Waals surface area contributed by atoms with Gasteiger partial charge < -0.3 is 24.8 Å². The van der Waals surface area contributed by atoms with E-state index in [1.807, 2.05) is 30.3 Å². The molecule has 2 aromatic carbocycles. The number of urea groups is 1. The largest absolute Gasteiger partial charge is 0.480 e. The van der Waals surface area contributed by atoms with Gasteiger partial charge in [0, 0.05) is 31.8 Å². The molecule has 2 atom stereocenters.